The standard InChI is InChI=1S/C17H18BrNO/c1-4-19(16-8-6-5-7-12(16)2)17-11-14(18)9-10-15(17)13(3)20/h5-11H,4H2,1-3H3. The summed E-state index contributed by atoms with van der Waals surface area (Å²) in [5, 5.41) is 0. The number of rotatable bonds is 4. The molecule has 2 aromatic rings. The van der Waals surface area contributed by atoms with E-state index < -0.39 is 0 Å². The number of para-hydroxylation sites is 1. The third kappa shape index (κ3) is 2.93. The third-order valence-electron chi connectivity index (χ3n) is 3.35. The summed E-state index contributed by atoms with van der Waals surface area (Å²) < 4.78 is 0.976. The minimum Gasteiger partial charge on any atom is -0.341 e. The lowest BCUT2D eigenvalue weighted by Gasteiger charge is -2.27. The van der Waals surface area contributed by atoms with Crippen molar-refractivity contribution in [2.45, 2.75) is 20.8 Å². The van der Waals surface area contributed by atoms with Gasteiger partial charge in [-0.05, 0) is 50.6 Å². The summed E-state index contributed by atoms with van der Waals surface area (Å²) >= 11 is 3.50. The predicted octanol–water partition coefficient (Wildman–Crippen LogP) is 5.12. The first-order chi connectivity index (χ1) is 9.54. The highest BCUT2D eigenvalue weighted by Gasteiger charge is 2.16. The Morgan fingerprint density at radius 3 is 2.45 bits per heavy atom. The molecule has 0 saturated heterocycles. The van der Waals surface area contributed by atoms with E-state index in [9.17, 15) is 4.79 Å². The van der Waals surface area contributed by atoms with Crippen LogP contribution in [-0.4, -0.2) is 12.3 Å². The zero-order chi connectivity index (χ0) is 14.7. The average molecular weight is 332 g/mol. The number of benzene rings is 2. The first kappa shape index (κ1) is 14.8. The van der Waals surface area contributed by atoms with Crippen molar-refractivity contribution in [2.75, 3.05) is 11.4 Å². The third-order valence-corrected chi connectivity index (χ3v) is 3.85. The maximum absolute atomic E-state index is 11.9. The van der Waals surface area contributed by atoms with Gasteiger partial charge >= 0.3 is 0 Å². The van der Waals surface area contributed by atoms with Crippen molar-refractivity contribution in [1.82, 2.24) is 0 Å². The molecule has 0 N–H and O–H groups in total. The van der Waals surface area contributed by atoms with E-state index in [0.717, 1.165) is 28.0 Å². The van der Waals surface area contributed by atoms with Gasteiger partial charge in [0.25, 0.3) is 0 Å². The lowest BCUT2D eigenvalue weighted by Crippen LogP contribution is -2.19. The maximum atomic E-state index is 11.9. The highest BCUT2D eigenvalue weighted by molar-refractivity contribution is 9.10. The number of Topliss-reactive ketones (excluding diaryl/α,β-unsaturated/α-hetero) is 1. The van der Waals surface area contributed by atoms with Gasteiger partial charge in [-0.1, -0.05) is 34.1 Å². The van der Waals surface area contributed by atoms with E-state index in [0.29, 0.717) is 0 Å². The van der Waals surface area contributed by atoms with Crippen LogP contribution in [0.15, 0.2) is 46.9 Å². The highest BCUT2D eigenvalue weighted by atomic mass is 79.9. The molecule has 3 heteroatoms. The fourth-order valence-electron chi connectivity index (χ4n) is 2.36. The lowest BCUT2D eigenvalue weighted by atomic mass is 10.1. The molecule has 0 aliphatic carbocycles. The van der Waals surface area contributed by atoms with Gasteiger partial charge in [-0.25, -0.2) is 0 Å². The minimum atomic E-state index is 0.0829. The largest absolute Gasteiger partial charge is 0.341 e. The van der Waals surface area contributed by atoms with Crippen molar-refractivity contribution < 1.29 is 4.79 Å². The summed E-state index contributed by atoms with van der Waals surface area (Å²) in [5.74, 6) is 0.0829. The van der Waals surface area contributed by atoms with Crippen LogP contribution >= 0.6 is 15.9 Å². The van der Waals surface area contributed by atoms with Gasteiger partial charge in [0, 0.05) is 22.3 Å². The van der Waals surface area contributed by atoms with Gasteiger partial charge in [0.1, 0.15) is 0 Å². The number of carbonyl (C=O) groups excluding carboxylic acids is 1. The molecule has 2 nitrogen and oxygen atoms in total. The van der Waals surface area contributed by atoms with Gasteiger partial charge in [-0.2, -0.15) is 0 Å². The number of aryl methyl sites for hydroxylation is 1. The molecule has 0 aromatic heterocycles. The molecule has 2 aromatic carbocycles. The van der Waals surface area contributed by atoms with Gasteiger partial charge in [-0.3, -0.25) is 4.79 Å². The molecule has 2 rings (SSSR count). The molecule has 0 bridgehead atoms. The normalized spacial score (nSPS) is 10.4. The van der Waals surface area contributed by atoms with E-state index in [-0.39, 0.29) is 5.78 Å². The number of carbonyl (C=O) groups is 1. The molecule has 0 unspecified atom stereocenters. The molecule has 0 aliphatic heterocycles. The van der Waals surface area contributed by atoms with Gasteiger partial charge in [0.15, 0.2) is 5.78 Å². The van der Waals surface area contributed by atoms with E-state index >= 15 is 0 Å². The number of hydrogen-bond acceptors (Lipinski definition) is 2. The second-order valence-corrected chi connectivity index (χ2v) is 5.66. The molecular weight excluding hydrogens is 314 g/mol. The van der Waals surface area contributed by atoms with E-state index in [1.165, 1.54) is 5.56 Å². The smallest absolute Gasteiger partial charge is 0.161 e. The van der Waals surface area contributed by atoms with Crippen LogP contribution < -0.4 is 4.90 Å². The van der Waals surface area contributed by atoms with Crippen LogP contribution in [0.25, 0.3) is 0 Å². The highest BCUT2D eigenvalue weighted by Crippen LogP contribution is 2.33. The van der Waals surface area contributed by atoms with Crippen LogP contribution in [0.3, 0.4) is 0 Å². The Bertz CT molecular complexity index is 637. The van der Waals surface area contributed by atoms with Gasteiger partial charge < -0.3 is 4.90 Å². The number of nitrogens with zero attached hydrogens (tertiary/aromatic N) is 1. The van der Waals surface area contributed by atoms with Crippen molar-refractivity contribution in [3.63, 3.8) is 0 Å². The molecule has 0 atom stereocenters. The summed E-state index contributed by atoms with van der Waals surface area (Å²) in [6.45, 7) is 6.60. The molecule has 0 amide bonds. The molecule has 0 aliphatic rings. The molecular formula is C17H18BrNO. The Morgan fingerprint density at radius 1 is 1.15 bits per heavy atom. The van der Waals surface area contributed by atoms with Crippen LogP contribution in [-0.2, 0) is 0 Å². The summed E-state index contributed by atoms with van der Waals surface area (Å²) in [5.41, 5.74) is 4.03. The molecule has 0 radical (unpaired) electrons. The van der Waals surface area contributed by atoms with E-state index in [2.05, 4.69) is 46.8 Å². The van der Waals surface area contributed by atoms with Crippen molar-refractivity contribution in [2.24, 2.45) is 0 Å². The molecule has 0 heterocycles. The fourth-order valence-corrected chi connectivity index (χ4v) is 2.71. The van der Waals surface area contributed by atoms with E-state index in [4.69, 9.17) is 0 Å². The Kier molecular flexibility index (Phi) is 4.61. The molecule has 0 spiro atoms. The van der Waals surface area contributed by atoms with Crippen LogP contribution in [0.4, 0.5) is 11.4 Å². The van der Waals surface area contributed by atoms with Crippen LogP contribution in [0, 0.1) is 6.92 Å². The monoisotopic (exact) mass is 331 g/mol. The predicted molar refractivity (Wildman–Crippen MR) is 88.0 cm³/mol. The SMILES string of the molecule is CCN(c1ccccc1C)c1cc(Br)ccc1C(C)=O. The van der Waals surface area contributed by atoms with Gasteiger partial charge in [-0.15, -0.1) is 0 Å². The second kappa shape index (κ2) is 6.23. The molecule has 0 saturated carbocycles. The Balaban J connectivity index is 2.60. The number of anilines is 2. The summed E-state index contributed by atoms with van der Waals surface area (Å²) in [6, 6.07) is 14.0. The van der Waals surface area contributed by atoms with Crippen molar-refractivity contribution >= 4 is 33.1 Å². The Hall–Kier alpha value is -1.61. The van der Waals surface area contributed by atoms with Gasteiger partial charge in [0.2, 0.25) is 0 Å². The first-order valence-electron chi connectivity index (χ1n) is 6.68. The summed E-state index contributed by atoms with van der Waals surface area (Å²) in [7, 11) is 0. The quantitative estimate of drug-likeness (QED) is 0.725. The summed E-state index contributed by atoms with van der Waals surface area (Å²) in [4.78, 5) is 14.0. The molecule has 104 valence electrons. The van der Waals surface area contributed by atoms with Crippen LogP contribution in [0.5, 0.6) is 0 Å². The van der Waals surface area contributed by atoms with E-state index in [1.807, 2.05) is 30.3 Å². The van der Waals surface area contributed by atoms with E-state index in [1.54, 1.807) is 6.92 Å². The molecule has 0 fully saturated rings. The van der Waals surface area contributed by atoms with Gasteiger partial charge in [0.05, 0.1) is 5.69 Å². The van der Waals surface area contributed by atoms with Crippen molar-refractivity contribution in [3.8, 4) is 0 Å². The average Bonchev–Trinajstić information content (AvgIpc) is 2.41. The van der Waals surface area contributed by atoms with Crippen LogP contribution in [0.2, 0.25) is 0 Å². The van der Waals surface area contributed by atoms with Crippen molar-refractivity contribution in [1.29, 1.82) is 0 Å². The Morgan fingerprint density at radius 2 is 1.85 bits per heavy atom. The minimum absolute atomic E-state index is 0.0829. The summed E-state index contributed by atoms with van der Waals surface area (Å²) in [6.07, 6.45) is 0. The second-order valence-electron chi connectivity index (χ2n) is 4.75. The van der Waals surface area contributed by atoms with Crippen molar-refractivity contribution in [3.05, 3.63) is 58.1 Å². The fraction of sp³-hybridized carbons (Fsp3) is 0.235. The van der Waals surface area contributed by atoms with Crippen LogP contribution in [0.1, 0.15) is 29.8 Å². The number of hydrogen-bond donors (Lipinski definition) is 0. The maximum Gasteiger partial charge on any atom is 0.161 e. The zero-order valence-corrected chi connectivity index (χ0v) is 13.6. The Labute approximate surface area is 128 Å². The number of halogens is 1. The first-order valence-corrected chi connectivity index (χ1v) is 7.47. The zero-order valence-electron chi connectivity index (χ0n) is 12.0. The topological polar surface area (TPSA) is 20.3 Å². The molecule has 20 heavy (non-hydrogen) atoms. The lowest BCUT2D eigenvalue weighted by molar-refractivity contribution is 0.101. The number of ketones is 1.